The highest BCUT2D eigenvalue weighted by Crippen LogP contribution is 2.27. The molecule has 0 aromatic heterocycles. The van der Waals surface area contributed by atoms with Gasteiger partial charge in [0.15, 0.2) is 0 Å². The number of phenolic OH excluding ortho intramolecular Hbond substituents is 1. The average Bonchev–Trinajstić information content (AvgIpc) is 2.48. The van der Waals surface area contributed by atoms with Gasteiger partial charge in [-0.2, -0.15) is 0 Å². The minimum Gasteiger partial charge on any atom is -0.508 e. The fourth-order valence-electron chi connectivity index (χ4n) is 2.32. The minimum atomic E-state index is 0.220. The summed E-state index contributed by atoms with van der Waals surface area (Å²) < 4.78 is 5.66. The zero-order chi connectivity index (χ0) is 14.4. The van der Waals surface area contributed by atoms with Gasteiger partial charge in [0.2, 0.25) is 0 Å². The molecule has 0 spiro atoms. The molecule has 0 aliphatic rings. The van der Waals surface area contributed by atoms with Crippen molar-refractivity contribution in [3.63, 3.8) is 0 Å². The summed E-state index contributed by atoms with van der Waals surface area (Å²) >= 11 is 0. The molecule has 2 rings (SSSR count). The van der Waals surface area contributed by atoms with Gasteiger partial charge < -0.3 is 15.6 Å². The summed E-state index contributed by atoms with van der Waals surface area (Å²) in [6.07, 6.45) is 0.831. The number of rotatable bonds is 6. The van der Waals surface area contributed by atoms with Crippen molar-refractivity contribution < 1.29 is 9.84 Å². The van der Waals surface area contributed by atoms with Crippen LogP contribution in [-0.2, 0) is 6.42 Å². The average molecular weight is 271 g/mol. The van der Waals surface area contributed by atoms with E-state index in [1.807, 2.05) is 37.3 Å². The molecule has 0 aliphatic heterocycles. The molecule has 3 nitrogen and oxygen atoms in total. The fourth-order valence-corrected chi connectivity index (χ4v) is 2.32. The van der Waals surface area contributed by atoms with Gasteiger partial charge in [-0.25, -0.2) is 0 Å². The van der Waals surface area contributed by atoms with E-state index in [9.17, 15) is 5.11 Å². The first-order valence-electron chi connectivity index (χ1n) is 6.94. The second-order valence-electron chi connectivity index (χ2n) is 4.77. The summed E-state index contributed by atoms with van der Waals surface area (Å²) in [4.78, 5) is 0. The van der Waals surface area contributed by atoms with Crippen LogP contribution in [0.5, 0.6) is 11.5 Å². The van der Waals surface area contributed by atoms with Gasteiger partial charge in [-0.05, 0) is 49.2 Å². The quantitative estimate of drug-likeness (QED) is 0.849. The Morgan fingerprint density at radius 1 is 1.10 bits per heavy atom. The molecule has 1 atom stereocenters. The molecule has 2 aromatic carbocycles. The standard InChI is InChI=1S/C17H21NO2/c1-2-20-17-6-4-3-5-14(17)11-15(12-18)13-7-9-16(19)10-8-13/h3-10,15,19H,2,11-12,18H2,1H3. The lowest BCUT2D eigenvalue weighted by Gasteiger charge is -2.17. The van der Waals surface area contributed by atoms with Gasteiger partial charge in [-0.15, -0.1) is 0 Å². The van der Waals surface area contributed by atoms with E-state index >= 15 is 0 Å². The number of nitrogens with two attached hydrogens (primary N) is 1. The first-order valence-corrected chi connectivity index (χ1v) is 6.94. The number of ether oxygens (including phenoxy) is 1. The molecule has 0 bridgehead atoms. The van der Waals surface area contributed by atoms with Crippen LogP contribution in [0.4, 0.5) is 0 Å². The molecule has 106 valence electrons. The van der Waals surface area contributed by atoms with Gasteiger partial charge in [0.05, 0.1) is 6.61 Å². The summed E-state index contributed by atoms with van der Waals surface area (Å²) in [6.45, 7) is 3.20. The molecule has 20 heavy (non-hydrogen) atoms. The molecule has 0 saturated heterocycles. The smallest absolute Gasteiger partial charge is 0.122 e. The minimum absolute atomic E-state index is 0.220. The third-order valence-electron chi connectivity index (χ3n) is 3.39. The molecule has 0 fully saturated rings. The van der Waals surface area contributed by atoms with Gasteiger partial charge in [-0.3, -0.25) is 0 Å². The fraction of sp³-hybridized carbons (Fsp3) is 0.294. The third-order valence-corrected chi connectivity index (χ3v) is 3.39. The zero-order valence-electron chi connectivity index (χ0n) is 11.8. The third kappa shape index (κ3) is 3.52. The highest BCUT2D eigenvalue weighted by molar-refractivity contribution is 5.36. The molecular formula is C17H21NO2. The number of benzene rings is 2. The molecule has 2 aromatic rings. The number of para-hydroxylation sites is 1. The lowest BCUT2D eigenvalue weighted by atomic mass is 9.91. The lowest BCUT2D eigenvalue weighted by Crippen LogP contribution is -2.15. The molecule has 0 amide bonds. The van der Waals surface area contributed by atoms with Crippen molar-refractivity contribution in [1.29, 1.82) is 0 Å². The Kier molecular flexibility index (Phi) is 5.02. The predicted molar refractivity (Wildman–Crippen MR) is 81.2 cm³/mol. The zero-order valence-corrected chi connectivity index (χ0v) is 11.8. The second kappa shape index (κ2) is 6.96. The highest BCUT2D eigenvalue weighted by atomic mass is 16.5. The lowest BCUT2D eigenvalue weighted by molar-refractivity contribution is 0.335. The van der Waals surface area contributed by atoms with E-state index in [1.165, 1.54) is 0 Å². The number of aromatic hydroxyl groups is 1. The second-order valence-corrected chi connectivity index (χ2v) is 4.77. The SMILES string of the molecule is CCOc1ccccc1CC(CN)c1ccc(O)cc1. The van der Waals surface area contributed by atoms with Crippen LogP contribution in [0.3, 0.4) is 0 Å². The molecule has 0 saturated carbocycles. The maximum atomic E-state index is 9.36. The number of hydrogen-bond acceptors (Lipinski definition) is 3. The van der Waals surface area contributed by atoms with E-state index < -0.39 is 0 Å². The van der Waals surface area contributed by atoms with Crippen molar-refractivity contribution in [1.82, 2.24) is 0 Å². The number of hydrogen-bond donors (Lipinski definition) is 2. The molecule has 3 N–H and O–H groups in total. The summed E-state index contributed by atoms with van der Waals surface area (Å²) in [7, 11) is 0. The Bertz CT molecular complexity index is 537. The van der Waals surface area contributed by atoms with Gasteiger partial charge in [0, 0.05) is 5.92 Å². The Morgan fingerprint density at radius 2 is 1.80 bits per heavy atom. The molecular weight excluding hydrogens is 250 g/mol. The van der Waals surface area contributed by atoms with E-state index in [2.05, 4.69) is 6.07 Å². The largest absolute Gasteiger partial charge is 0.508 e. The van der Waals surface area contributed by atoms with E-state index in [4.69, 9.17) is 10.5 Å². The first kappa shape index (κ1) is 14.4. The monoisotopic (exact) mass is 271 g/mol. The van der Waals surface area contributed by atoms with Crippen molar-refractivity contribution in [2.24, 2.45) is 5.73 Å². The Labute approximate surface area is 120 Å². The van der Waals surface area contributed by atoms with Crippen LogP contribution in [0.1, 0.15) is 24.0 Å². The van der Waals surface area contributed by atoms with Crippen molar-refractivity contribution in [3.8, 4) is 11.5 Å². The van der Waals surface area contributed by atoms with Crippen molar-refractivity contribution in [2.45, 2.75) is 19.3 Å². The van der Waals surface area contributed by atoms with E-state index in [0.29, 0.717) is 13.2 Å². The van der Waals surface area contributed by atoms with Crippen LogP contribution in [0.15, 0.2) is 48.5 Å². The van der Waals surface area contributed by atoms with Crippen LogP contribution in [0, 0.1) is 0 Å². The van der Waals surface area contributed by atoms with Gasteiger partial charge in [0.25, 0.3) is 0 Å². The normalized spacial score (nSPS) is 12.1. The van der Waals surface area contributed by atoms with Crippen LogP contribution in [-0.4, -0.2) is 18.3 Å². The maximum Gasteiger partial charge on any atom is 0.122 e. The molecule has 1 unspecified atom stereocenters. The van der Waals surface area contributed by atoms with Gasteiger partial charge >= 0.3 is 0 Å². The molecule has 0 radical (unpaired) electrons. The van der Waals surface area contributed by atoms with E-state index in [-0.39, 0.29) is 11.7 Å². The molecule has 0 heterocycles. The molecule has 0 aliphatic carbocycles. The van der Waals surface area contributed by atoms with Gasteiger partial charge in [-0.1, -0.05) is 30.3 Å². The Hall–Kier alpha value is -2.00. The van der Waals surface area contributed by atoms with Crippen molar-refractivity contribution in [2.75, 3.05) is 13.2 Å². The molecule has 3 heteroatoms. The Balaban J connectivity index is 2.20. The summed E-state index contributed by atoms with van der Waals surface area (Å²) in [5.41, 5.74) is 8.21. The van der Waals surface area contributed by atoms with Crippen molar-refractivity contribution >= 4 is 0 Å². The van der Waals surface area contributed by atoms with Crippen LogP contribution < -0.4 is 10.5 Å². The summed E-state index contributed by atoms with van der Waals surface area (Å²) in [5, 5.41) is 9.36. The first-order chi connectivity index (χ1) is 9.74. The Morgan fingerprint density at radius 3 is 2.45 bits per heavy atom. The van der Waals surface area contributed by atoms with E-state index in [1.54, 1.807) is 12.1 Å². The van der Waals surface area contributed by atoms with Gasteiger partial charge in [0.1, 0.15) is 11.5 Å². The number of phenols is 1. The maximum absolute atomic E-state index is 9.36. The van der Waals surface area contributed by atoms with Crippen LogP contribution >= 0.6 is 0 Å². The summed E-state index contributed by atoms with van der Waals surface area (Å²) in [5.74, 6) is 1.42. The predicted octanol–water partition coefficient (Wildman–Crippen LogP) is 3.08. The van der Waals surface area contributed by atoms with Crippen molar-refractivity contribution in [3.05, 3.63) is 59.7 Å². The van der Waals surface area contributed by atoms with Crippen LogP contribution in [0.25, 0.3) is 0 Å². The summed E-state index contributed by atoms with van der Waals surface area (Å²) in [6, 6.07) is 15.3. The van der Waals surface area contributed by atoms with Crippen LogP contribution in [0.2, 0.25) is 0 Å². The van der Waals surface area contributed by atoms with E-state index in [0.717, 1.165) is 23.3 Å². The highest BCUT2D eigenvalue weighted by Gasteiger charge is 2.13. The topological polar surface area (TPSA) is 55.5 Å².